The first kappa shape index (κ1) is 22.8. The molecule has 2 aromatic rings. The minimum absolute atomic E-state index is 0.0353. The molecule has 0 unspecified atom stereocenters. The maximum atomic E-state index is 13.1. The number of nitrogens with zero attached hydrogens (tertiary/aromatic N) is 1. The van der Waals surface area contributed by atoms with E-state index < -0.39 is 6.04 Å². The number of carbonyl (C=O) groups is 2. The van der Waals surface area contributed by atoms with E-state index in [1.54, 1.807) is 23.8 Å². The maximum Gasteiger partial charge on any atom is 0.242 e. The summed E-state index contributed by atoms with van der Waals surface area (Å²) in [5, 5.41) is 2.86. The Labute approximate surface area is 177 Å². The molecule has 0 saturated heterocycles. The summed E-state index contributed by atoms with van der Waals surface area (Å²) < 4.78 is 5.30. The molecular weight excluding hydrogens is 384 g/mol. The summed E-state index contributed by atoms with van der Waals surface area (Å²) in [6.07, 6.45) is 0.560. The van der Waals surface area contributed by atoms with Crippen LogP contribution in [0.2, 0.25) is 0 Å². The molecular formula is C23H30N2O3S. The van der Waals surface area contributed by atoms with E-state index in [-0.39, 0.29) is 11.8 Å². The van der Waals surface area contributed by atoms with Gasteiger partial charge in [0.05, 0.1) is 12.9 Å². The first-order valence-electron chi connectivity index (χ1n) is 9.90. The van der Waals surface area contributed by atoms with E-state index in [9.17, 15) is 9.59 Å². The molecule has 156 valence electrons. The molecule has 6 heteroatoms. The molecule has 1 atom stereocenters. The van der Waals surface area contributed by atoms with Crippen LogP contribution in [-0.4, -0.2) is 42.2 Å². The molecule has 0 bridgehead atoms. The van der Waals surface area contributed by atoms with Crippen LogP contribution in [0.1, 0.15) is 31.4 Å². The summed E-state index contributed by atoms with van der Waals surface area (Å²) in [5.41, 5.74) is 2.12. The molecule has 5 nitrogen and oxygen atoms in total. The van der Waals surface area contributed by atoms with Gasteiger partial charge in [0.1, 0.15) is 11.8 Å². The zero-order chi connectivity index (χ0) is 21.1. The number of methoxy groups -OCH3 is 1. The van der Waals surface area contributed by atoms with Gasteiger partial charge in [-0.25, -0.2) is 0 Å². The van der Waals surface area contributed by atoms with Gasteiger partial charge in [0, 0.05) is 18.8 Å². The van der Waals surface area contributed by atoms with Crippen molar-refractivity contribution >= 4 is 23.6 Å². The second-order valence-electron chi connectivity index (χ2n) is 6.67. The smallest absolute Gasteiger partial charge is 0.242 e. The zero-order valence-electron chi connectivity index (χ0n) is 17.4. The predicted octanol–water partition coefficient (Wildman–Crippen LogP) is 3.87. The van der Waals surface area contributed by atoms with Crippen molar-refractivity contribution in [2.45, 2.75) is 38.6 Å². The van der Waals surface area contributed by atoms with Crippen LogP contribution < -0.4 is 10.1 Å². The molecule has 2 aromatic carbocycles. The Morgan fingerprint density at radius 2 is 1.79 bits per heavy atom. The van der Waals surface area contributed by atoms with Crippen LogP contribution in [0.5, 0.6) is 5.75 Å². The maximum absolute atomic E-state index is 13.1. The molecule has 0 saturated carbocycles. The number of likely N-dealkylation sites (N-methyl/N-ethyl adjacent to an activating group) is 1. The van der Waals surface area contributed by atoms with Crippen molar-refractivity contribution in [3.05, 3.63) is 65.7 Å². The number of hydrogen-bond donors (Lipinski definition) is 1. The Balaban J connectivity index is 2.13. The van der Waals surface area contributed by atoms with E-state index in [0.717, 1.165) is 17.1 Å². The Kier molecular flexibility index (Phi) is 9.57. The van der Waals surface area contributed by atoms with E-state index in [1.807, 2.05) is 56.3 Å². The van der Waals surface area contributed by atoms with Crippen LogP contribution in [0.25, 0.3) is 0 Å². The zero-order valence-corrected chi connectivity index (χ0v) is 18.2. The highest BCUT2D eigenvalue weighted by molar-refractivity contribution is 7.99. The number of hydrogen-bond acceptors (Lipinski definition) is 4. The molecule has 2 amide bonds. The van der Waals surface area contributed by atoms with Gasteiger partial charge in [-0.15, -0.1) is 11.8 Å². The first-order chi connectivity index (χ1) is 14.1. The Morgan fingerprint density at radius 3 is 2.45 bits per heavy atom. The molecule has 1 N–H and O–H groups in total. The largest absolute Gasteiger partial charge is 0.497 e. The molecule has 2 rings (SSSR count). The van der Waals surface area contributed by atoms with Gasteiger partial charge in [-0.05, 0) is 36.6 Å². The molecule has 0 heterocycles. The highest BCUT2D eigenvalue weighted by Gasteiger charge is 2.28. The quantitative estimate of drug-likeness (QED) is 0.606. The summed E-state index contributed by atoms with van der Waals surface area (Å²) in [5.74, 6) is 1.68. The fraction of sp³-hybridized carbons (Fsp3) is 0.391. The Hall–Kier alpha value is -2.47. The number of nitrogens with one attached hydrogen (secondary N) is 1. The lowest BCUT2D eigenvalue weighted by molar-refractivity contribution is -0.139. The summed E-state index contributed by atoms with van der Waals surface area (Å²) in [7, 11) is 1.62. The lowest BCUT2D eigenvalue weighted by atomic mass is 10.1. The third kappa shape index (κ3) is 7.13. The molecule has 0 radical (unpaired) electrons. The van der Waals surface area contributed by atoms with E-state index in [1.165, 1.54) is 5.56 Å². The van der Waals surface area contributed by atoms with Gasteiger partial charge in [0.2, 0.25) is 11.8 Å². The van der Waals surface area contributed by atoms with Crippen molar-refractivity contribution in [3.63, 3.8) is 0 Å². The summed E-state index contributed by atoms with van der Waals surface area (Å²) in [6.45, 7) is 4.73. The average Bonchev–Trinajstić information content (AvgIpc) is 2.74. The third-order valence-electron chi connectivity index (χ3n) is 4.56. The number of benzene rings is 2. The van der Waals surface area contributed by atoms with Crippen molar-refractivity contribution < 1.29 is 14.3 Å². The molecule has 0 spiro atoms. The number of carbonyl (C=O) groups excluding carboxylic acids is 2. The summed E-state index contributed by atoms with van der Waals surface area (Å²) in [6, 6.07) is 17.2. The van der Waals surface area contributed by atoms with Crippen LogP contribution in [0, 0.1) is 0 Å². The minimum atomic E-state index is -0.494. The molecule has 0 aliphatic rings. The number of thioether (sulfide) groups is 1. The number of ether oxygens (including phenoxy) is 1. The lowest BCUT2D eigenvalue weighted by Gasteiger charge is -2.30. The van der Waals surface area contributed by atoms with E-state index >= 15 is 0 Å². The van der Waals surface area contributed by atoms with Crippen LogP contribution in [0.4, 0.5) is 0 Å². The van der Waals surface area contributed by atoms with E-state index in [0.29, 0.717) is 25.3 Å². The second-order valence-corrected chi connectivity index (χ2v) is 7.66. The highest BCUT2D eigenvalue weighted by Crippen LogP contribution is 2.19. The van der Waals surface area contributed by atoms with Crippen molar-refractivity contribution in [3.8, 4) is 5.75 Å². The van der Waals surface area contributed by atoms with Crippen molar-refractivity contribution in [1.29, 1.82) is 0 Å². The third-order valence-corrected chi connectivity index (χ3v) is 5.55. The number of amides is 2. The van der Waals surface area contributed by atoms with Gasteiger partial charge in [-0.3, -0.25) is 9.59 Å². The summed E-state index contributed by atoms with van der Waals surface area (Å²) in [4.78, 5) is 27.4. The SMILES string of the molecule is CCNC(=O)[C@@H](CC)N(Cc1cccc(OC)c1)C(=O)CSCc1ccccc1. The van der Waals surface area contributed by atoms with Crippen LogP contribution in [0.15, 0.2) is 54.6 Å². The molecule has 0 aliphatic heterocycles. The Bertz CT molecular complexity index is 783. The van der Waals surface area contributed by atoms with Crippen LogP contribution in [-0.2, 0) is 21.9 Å². The monoisotopic (exact) mass is 414 g/mol. The number of rotatable bonds is 11. The predicted molar refractivity (Wildman–Crippen MR) is 119 cm³/mol. The van der Waals surface area contributed by atoms with Gasteiger partial charge in [0.15, 0.2) is 0 Å². The van der Waals surface area contributed by atoms with Crippen molar-refractivity contribution in [1.82, 2.24) is 10.2 Å². The average molecular weight is 415 g/mol. The fourth-order valence-electron chi connectivity index (χ4n) is 3.09. The normalized spacial score (nSPS) is 11.6. The fourth-order valence-corrected chi connectivity index (χ4v) is 3.96. The standard InChI is InChI=1S/C23H30N2O3S/c1-4-21(23(27)24-5-2)25(15-19-12-9-13-20(14-19)28-3)22(26)17-29-16-18-10-7-6-8-11-18/h6-14,21H,4-5,15-17H2,1-3H3,(H,24,27)/t21-/m1/s1. The highest BCUT2D eigenvalue weighted by atomic mass is 32.2. The summed E-state index contributed by atoms with van der Waals surface area (Å²) >= 11 is 1.57. The van der Waals surface area contributed by atoms with Crippen LogP contribution >= 0.6 is 11.8 Å². The lowest BCUT2D eigenvalue weighted by Crippen LogP contribution is -2.49. The topological polar surface area (TPSA) is 58.6 Å². The van der Waals surface area contributed by atoms with Gasteiger partial charge < -0.3 is 15.0 Å². The molecule has 0 aliphatic carbocycles. The van der Waals surface area contributed by atoms with Gasteiger partial charge in [0.25, 0.3) is 0 Å². The van der Waals surface area contributed by atoms with Gasteiger partial charge >= 0.3 is 0 Å². The van der Waals surface area contributed by atoms with Crippen molar-refractivity contribution in [2.24, 2.45) is 0 Å². The van der Waals surface area contributed by atoms with Crippen molar-refractivity contribution in [2.75, 3.05) is 19.4 Å². The van der Waals surface area contributed by atoms with E-state index in [4.69, 9.17) is 4.74 Å². The minimum Gasteiger partial charge on any atom is -0.497 e. The van der Waals surface area contributed by atoms with Gasteiger partial charge in [-0.2, -0.15) is 0 Å². The molecule has 29 heavy (non-hydrogen) atoms. The van der Waals surface area contributed by atoms with Crippen LogP contribution in [0.3, 0.4) is 0 Å². The van der Waals surface area contributed by atoms with Gasteiger partial charge in [-0.1, -0.05) is 49.4 Å². The first-order valence-corrected chi connectivity index (χ1v) is 11.1. The Morgan fingerprint density at radius 1 is 1.07 bits per heavy atom. The molecule has 0 fully saturated rings. The van der Waals surface area contributed by atoms with E-state index in [2.05, 4.69) is 17.4 Å². The molecule has 0 aromatic heterocycles. The second kappa shape index (κ2) is 12.2.